The van der Waals surface area contributed by atoms with Gasteiger partial charge in [0.15, 0.2) is 5.78 Å². The average Bonchev–Trinajstić information content (AvgIpc) is 3.47. The van der Waals surface area contributed by atoms with Gasteiger partial charge in [-0.2, -0.15) is 0 Å². The van der Waals surface area contributed by atoms with Crippen molar-refractivity contribution >= 4 is 34.0 Å². The van der Waals surface area contributed by atoms with E-state index < -0.39 is 0 Å². The van der Waals surface area contributed by atoms with E-state index >= 15 is 0 Å². The number of ether oxygens (including phenoxy) is 2. The van der Waals surface area contributed by atoms with Crippen LogP contribution >= 0.6 is 11.6 Å². The second kappa shape index (κ2) is 7.29. The van der Waals surface area contributed by atoms with Gasteiger partial charge in [-0.3, -0.25) is 4.79 Å². The SMILES string of the molecule is CCc1ccc(Oc2cnc3cc(Cl)ccc3n2)cc1C1=C(O)[C@H]2[C@@H](C1=O)[C@@H]1CC[C@H]2O1. The van der Waals surface area contributed by atoms with Crippen LogP contribution in [0.4, 0.5) is 0 Å². The molecule has 2 saturated heterocycles. The monoisotopic (exact) mass is 448 g/mol. The summed E-state index contributed by atoms with van der Waals surface area (Å²) in [5, 5.41) is 11.6. The van der Waals surface area contributed by atoms with Gasteiger partial charge in [0.1, 0.15) is 11.5 Å². The van der Waals surface area contributed by atoms with Crippen molar-refractivity contribution in [3.8, 4) is 11.6 Å². The van der Waals surface area contributed by atoms with Gasteiger partial charge in [0, 0.05) is 5.02 Å². The molecule has 0 saturated carbocycles. The van der Waals surface area contributed by atoms with Crippen LogP contribution in [0.25, 0.3) is 16.6 Å². The summed E-state index contributed by atoms with van der Waals surface area (Å²) in [5.41, 5.74) is 3.48. The molecule has 2 aliphatic heterocycles. The lowest BCUT2D eigenvalue weighted by Crippen LogP contribution is -2.29. The zero-order chi connectivity index (χ0) is 22.0. The number of aliphatic hydroxyl groups excluding tert-OH is 1. The smallest absolute Gasteiger partial charge is 0.238 e. The number of aryl methyl sites for hydroxylation is 1. The summed E-state index contributed by atoms with van der Waals surface area (Å²) in [6, 6.07) is 10.9. The molecule has 2 bridgehead atoms. The highest BCUT2D eigenvalue weighted by molar-refractivity contribution is 6.31. The van der Waals surface area contributed by atoms with E-state index in [9.17, 15) is 9.90 Å². The van der Waals surface area contributed by atoms with E-state index in [1.807, 2.05) is 25.1 Å². The van der Waals surface area contributed by atoms with Gasteiger partial charge in [-0.05, 0) is 60.7 Å². The number of allylic oxidation sites excluding steroid dienone is 1. The molecule has 0 unspecified atom stereocenters. The minimum Gasteiger partial charge on any atom is -0.511 e. The molecule has 0 radical (unpaired) electrons. The van der Waals surface area contributed by atoms with Crippen molar-refractivity contribution in [3.05, 3.63) is 64.5 Å². The Kier molecular flexibility index (Phi) is 4.49. The van der Waals surface area contributed by atoms with Crippen LogP contribution in [0.5, 0.6) is 11.6 Å². The third-order valence-corrected chi connectivity index (χ3v) is 7.07. The fraction of sp³-hybridized carbons (Fsp3) is 0.320. The van der Waals surface area contributed by atoms with E-state index in [0.717, 1.165) is 30.4 Å². The maximum atomic E-state index is 13.3. The van der Waals surface area contributed by atoms with E-state index in [4.69, 9.17) is 21.1 Å². The number of carbonyl (C=O) groups is 1. The normalized spacial score (nSPS) is 26.2. The highest BCUT2D eigenvalue weighted by Crippen LogP contribution is 2.54. The summed E-state index contributed by atoms with van der Waals surface area (Å²) >= 11 is 6.02. The van der Waals surface area contributed by atoms with Gasteiger partial charge in [0.25, 0.3) is 0 Å². The number of nitrogens with zero attached hydrogens (tertiary/aromatic N) is 2. The molecule has 0 spiro atoms. The molecule has 2 aromatic carbocycles. The predicted molar refractivity (Wildman–Crippen MR) is 120 cm³/mol. The molecular weight excluding hydrogens is 428 g/mol. The third-order valence-electron chi connectivity index (χ3n) is 6.83. The number of aliphatic hydroxyl groups is 1. The van der Waals surface area contributed by atoms with E-state index in [1.54, 1.807) is 24.4 Å². The molecule has 32 heavy (non-hydrogen) atoms. The molecule has 7 heteroatoms. The van der Waals surface area contributed by atoms with E-state index in [-0.39, 0.29) is 35.6 Å². The molecule has 2 fully saturated rings. The third kappa shape index (κ3) is 2.93. The largest absolute Gasteiger partial charge is 0.511 e. The number of hydrogen-bond donors (Lipinski definition) is 1. The lowest BCUT2D eigenvalue weighted by molar-refractivity contribution is -0.118. The highest BCUT2D eigenvalue weighted by atomic mass is 35.5. The van der Waals surface area contributed by atoms with Crippen LogP contribution in [0, 0.1) is 11.8 Å². The number of benzene rings is 2. The Morgan fingerprint density at radius 1 is 1.12 bits per heavy atom. The van der Waals surface area contributed by atoms with Crippen LogP contribution in [0.2, 0.25) is 5.02 Å². The first-order valence-corrected chi connectivity index (χ1v) is 11.3. The predicted octanol–water partition coefficient (Wildman–Crippen LogP) is 5.28. The number of Topliss-reactive ketones (excluding diaryl/α,β-unsaturated/α-hetero) is 1. The van der Waals surface area contributed by atoms with Gasteiger partial charge in [-0.25, -0.2) is 9.97 Å². The Morgan fingerprint density at radius 2 is 1.94 bits per heavy atom. The van der Waals surface area contributed by atoms with Crippen LogP contribution in [-0.2, 0) is 16.0 Å². The van der Waals surface area contributed by atoms with Gasteiger partial charge in [-0.1, -0.05) is 24.6 Å². The maximum absolute atomic E-state index is 13.3. The highest BCUT2D eigenvalue weighted by Gasteiger charge is 2.59. The fourth-order valence-corrected chi connectivity index (χ4v) is 5.55. The topological polar surface area (TPSA) is 81.5 Å². The molecule has 3 aliphatic rings. The molecule has 162 valence electrons. The first-order chi connectivity index (χ1) is 15.5. The van der Waals surface area contributed by atoms with Gasteiger partial charge in [0.05, 0.1) is 46.8 Å². The number of halogens is 1. The van der Waals surface area contributed by atoms with Crippen LogP contribution in [0.15, 0.2) is 48.4 Å². The molecule has 3 heterocycles. The zero-order valence-corrected chi connectivity index (χ0v) is 18.2. The summed E-state index contributed by atoms with van der Waals surface area (Å²) in [6.45, 7) is 2.03. The molecule has 1 N–H and O–H groups in total. The van der Waals surface area contributed by atoms with Gasteiger partial charge >= 0.3 is 0 Å². The quantitative estimate of drug-likeness (QED) is 0.584. The van der Waals surface area contributed by atoms with Crippen LogP contribution in [0.3, 0.4) is 0 Å². The second-order valence-corrected chi connectivity index (χ2v) is 9.02. The standard InChI is InChI=1S/C25H21ClN2O4/c1-2-12-3-5-14(31-20-11-27-17-9-13(26)4-6-16(17)28-20)10-15(12)21-24(29)22-18-7-8-19(32-18)23(22)25(21)30/h3-6,9-11,18-19,22-23,29H,2,7-8H2,1H3/t18-,19+,22-,23+/m1/s1. The van der Waals surface area contributed by atoms with E-state index in [1.165, 1.54) is 0 Å². The Morgan fingerprint density at radius 3 is 2.72 bits per heavy atom. The molecule has 1 aromatic heterocycles. The summed E-state index contributed by atoms with van der Waals surface area (Å²) in [6.07, 6.45) is 3.91. The molecule has 6 nitrogen and oxygen atoms in total. The number of aromatic nitrogens is 2. The minimum absolute atomic E-state index is 0.0195. The van der Waals surface area contributed by atoms with Crippen molar-refractivity contribution in [2.45, 2.75) is 38.4 Å². The lowest BCUT2D eigenvalue weighted by Gasteiger charge is -2.19. The minimum atomic E-state index is -0.267. The summed E-state index contributed by atoms with van der Waals surface area (Å²) in [5.74, 6) is 0.536. The molecule has 4 atom stereocenters. The second-order valence-electron chi connectivity index (χ2n) is 8.58. The number of ketones is 1. The van der Waals surface area contributed by atoms with E-state index in [0.29, 0.717) is 33.3 Å². The summed E-state index contributed by atoms with van der Waals surface area (Å²) < 4.78 is 11.9. The van der Waals surface area contributed by atoms with Gasteiger partial charge in [-0.15, -0.1) is 0 Å². The summed E-state index contributed by atoms with van der Waals surface area (Å²) in [7, 11) is 0. The fourth-order valence-electron chi connectivity index (χ4n) is 5.39. The Bertz CT molecular complexity index is 1300. The number of rotatable bonds is 4. The van der Waals surface area contributed by atoms with Crippen molar-refractivity contribution in [3.63, 3.8) is 0 Å². The van der Waals surface area contributed by atoms with Gasteiger partial charge in [0.2, 0.25) is 5.88 Å². The van der Waals surface area contributed by atoms with Crippen molar-refractivity contribution < 1.29 is 19.4 Å². The number of carbonyl (C=O) groups excluding carboxylic acids is 1. The molecule has 1 aliphatic carbocycles. The van der Waals surface area contributed by atoms with Crippen molar-refractivity contribution in [1.82, 2.24) is 9.97 Å². The Hall–Kier alpha value is -2.96. The summed E-state index contributed by atoms with van der Waals surface area (Å²) in [4.78, 5) is 22.2. The zero-order valence-electron chi connectivity index (χ0n) is 17.4. The first kappa shape index (κ1) is 19.7. The molecular formula is C25H21ClN2O4. The first-order valence-electron chi connectivity index (χ1n) is 10.9. The van der Waals surface area contributed by atoms with Crippen molar-refractivity contribution in [2.24, 2.45) is 11.8 Å². The molecule has 0 amide bonds. The maximum Gasteiger partial charge on any atom is 0.238 e. The van der Waals surface area contributed by atoms with E-state index in [2.05, 4.69) is 9.97 Å². The van der Waals surface area contributed by atoms with Crippen LogP contribution < -0.4 is 4.74 Å². The van der Waals surface area contributed by atoms with Crippen molar-refractivity contribution in [1.29, 1.82) is 0 Å². The van der Waals surface area contributed by atoms with Crippen molar-refractivity contribution in [2.75, 3.05) is 0 Å². The lowest BCUT2D eigenvalue weighted by atomic mass is 9.80. The molecule has 3 aromatic rings. The van der Waals surface area contributed by atoms with Crippen LogP contribution in [-0.4, -0.2) is 33.1 Å². The average molecular weight is 449 g/mol. The number of hydrogen-bond acceptors (Lipinski definition) is 6. The van der Waals surface area contributed by atoms with Crippen LogP contribution in [0.1, 0.15) is 30.9 Å². The Labute approximate surface area is 189 Å². The Balaban J connectivity index is 1.37. The van der Waals surface area contributed by atoms with Gasteiger partial charge < -0.3 is 14.6 Å². The molecule has 6 rings (SSSR count). The number of fused-ring (bicyclic) bond motifs is 6.